The zero-order valence-electron chi connectivity index (χ0n) is 14.4. The van der Waals surface area contributed by atoms with Crippen LogP contribution < -0.4 is 4.74 Å². The van der Waals surface area contributed by atoms with Crippen molar-refractivity contribution in [2.75, 3.05) is 20.2 Å². The lowest BCUT2D eigenvalue weighted by Gasteiger charge is -2.23. The van der Waals surface area contributed by atoms with Gasteiger partial charge in [0.2, 0.25) is 5.75 Å². The standard InChI is InChI=1S/C18H21N3O4/c1-11-9-14-15(17(21(23)24)18(11)25-2)12(10-22)16-13(5-8-20(14)16)19-6-3-4-7-19/h9-10,13H,3-8H2,1-2H3. The van der Waals surface area contributed by atoms with Gasteiger partial charge in [-0.05, 0) is 45.3 Å². The fraction of sp³-hybridized carbons (Fsp3) is 0.500. The zero-order chi connectivity index (χ0) is 17.7. The number of fused-ring (bicyclic) bond motifs is 3. The van der Waals surface area contributed by atoms with Gasteiger partial charge in [-0.15, -0.1) is 0 Å². The van der Waals surface area contributed by atoms with Gasteiger partial charge in [-0.2, -0.15) is 0 Å². The Morgan fingerprint density at radius 2 is 2.04 bits per heavy atom. The minimum absolute atomic E-state index is 0.0957. The number of benzene rings is 1. The number of carbonyl (C=O) groups excluding carboxylic acids is 1. The quantitative estimate of drug-likeness (QED) is 0.484. The summed E-state index contributed by atoms with van der Waals surface area (Å²) >= 11 is 0. The third-order valence-corrected chi connectivity index (χ3v) is 5.57. The summed E-state index contributed by atoms with van der Waals surface area (Å²) in [5.74, 6) is 0.239. The molecular weight excluding hydrogens is 322 g/mol. The fourth-order valence-electron chi connectivity index (χ4n) is 4.59. The first kappa shape index (κ1) is 16.1. The third-order valence-electron chi connectivity index (χ3n) is 5.57. The van der Waals surface area contributed by atoms with E-state index < -0.39 is 4.92 Å². The van der Waals surface area contributed by atoms with Crippen molar-refractivity contribution in [2.45, 2.75) is 38.8 Å². The molecule has 2 aliphatic rings. The van der Waals surface area contributed by atoms with Crippen molar-refractivity contribution in [1.82, 2.24) is 9.47 Å². The minimum atomic E-state index is -0.429. The van der Waals surface area contributed by atoms with Gasteiger partial charge in [0, 0.05) is 17.8 Å². The van der Waals surface area contributed by atoms with Crippen molar-refractivity contribution in [3.8, 4) is 5.75 Å². The Morgan fingerprint density at radius 3 is 2.64 bits per heavy atom. The first-order chi connectivity index (χ1) is 12.1. The predicted octanol–water partition coefficient (Wildman–Crippen LogP) is 3.22. The lowest BCUT2D eigenvalue weighted by molar-refractivity contribution is -0.384. The molecule has 7 heteroatoms. The molecule has 0 saturated carbocycles. The molecule has 1 aromatic carbocycles. The van der Waals surface area contributed by atoms with E-state index in [2.05, 4.69) is 9.47 Å². The third kappa shape index (κ3) is 2.18. The number of likely N-dealkylation sites (tertiary alicyclic amines) is 1. The molecule has 0 amide bonds. The molecule has 4 rings (SSSR count). The van der Waals surface area contributed by atoms with Gasteiger partial charge in [0.1, 0.15) is 0 Å². The maximum absolute atomic E-state index is 12.0. The van der Waals surface area contributed by atoms with Crippen LogP contribution in [0.15, 0.2) is 6.07 Å². The highest BCUT2D eigenvalue weighted by Crippen LogP contribution is 2.47. The number of methoxy groups -OCH3 is 1. The van der Waals surface area contributed by atoms with Gasteiger partial charge >= 0.3 is 5.69 Å². The van der Waals surface area contributed by atoms with Crippen LogP contribution in [0.25, 0.3) is 10.9 Å². The van der Waals surface area contributed by atoms with Gasteiger partial charge in [0.05, 0.1) is 34.5 Å². The smallest absolute Gasteiger partial charge is 0.321 e. The monoisotopic (exact) mass is 343 g/mol. The van der Waals surface area contributed by atoms with Crippen LogP contribution in [-0.4, -0.2) is 40.9 Å². The van der Waals surface area contributed by atoms with Crippen LogP contribution >= 0.6 is 0 Å². The maximum Gasteiger partial charge on any atom is 0.321 e. The summed E-state index contributed by atoms with van der Waals surface area (Å²) in [5, 5.41) is 12.2. The molecule has 1 saturated heterocycles. The number of aromatic nitrogens is 1. The number of aldehydes is 1. The van der Waals surface area contributed by atoms with E-state index in [4.69, 9.17) is 4.74 Å². The van der Waals surface area contributed by atoms with E-state index >= 15 is 0 Å². The van der Waals surface area contributed by atoms with Crippen LogP contribution in [0.4, 0.5) is 5.69 Å². The number of ether oxygens (including phenoxy) is 1. The van der Waals surface area contributed by atoms with Gasteiger partial charge in [-0.3, -0.25) is 19.8 Å². The van der Waals surface area contributed by atoms with E-state index in [1.807, 2.05) is 6.07 Å². The average Bonchev–Trinajstić information content (AvgIpc) is 3.29. The normalized spacial score (nSPS) is 20.2. The van der Waals surface area contributed by atoms with E-state index in [0.717, 1.165) is 43.6 Å². The summed E-state index contributed by atoms with van der Waals surface area (Å²) in [6, 6.07) is 2.07. The summed E-state index contributed by atoms with van der Waals surface area (Å²) in [6.45, 7) is 4.63. The number of carbonyl (C=O) groups is 1. The highest BCUT2D eigenvalue weighted by atomic mass is 16.6. The second kappa shape index (κ2) is 5.84. The Hall–Kier alpha value is -2.41. The van der Waals surface area contributed by atoms with Crippen molar-refractivity contribution < 1.29 is 14.5 Å². The molecule has 0 N–H and O–H groups in total. The Balaban J connectivity index is 2.04. The van der Waals surface area contributed by atoms with Crippen molar-refractivity contribution >= 4 is 22.9 Å². The largest absolute Gasteiger partial charge is 0.490 e. The Kier molecular flexibility index (Phi) is 3.76. The molecule has 1 fully saturated rings. The number of hydrogen-bond acceptors (Lipinski definition) is 5. The van der Waals surface area contributed by atoms with Crippen LogP contribution in [0, 0.1) is 17.0 Å². The lowest BCUT2D eigenvalue weighted by atomic mass is 10.0. The van der Waals surface area contributed by atoms with E-state index in [1.165, 1.54) is 20.0 Å². The number of hydrogen-bond donors (Lipinski definition) is 0. The van der Waals surface area contributed by atoms with Gasteiger partial charge in [0.15, 0.2) is 6.29 Å². The molecule has 1 atom stereocenters. The molecule has 1 aromatic heterocycles. The van der Waals surface area contributed by atoms with E-state index in [1.54, 1.807) is 6.92 Å². The summed E-state index contributed by atoms with van der Waals surface area (Å²) in [4.78, 5) is 25.7. The van der Waals surface area contributed by atoms with Crippen LogP contribution in [0.1, 0.15) is 46.9 Å². The van der Waals surface area contributed by atoms with Crippen LogP contribution in [0.5, 0.6) is 5.75 Å². The highest BCUT2D eigenvalue weighted by molar-refractivity contribution is 6.06. The number of nitro benzene ring substituents is 1. The highest BCUT2D eigenvalue weighted by Gasteiger charge is 2.38. The van der Waals surface area contributed by atoms with Crippen LogP contribution in [0.2, 0.25) is 0 Å². The van der Waals surface area contributed by atoms with Gasteiger partial charge in [-0.25, -0.2) is 0 Å². The average molecular weight is 343 g/mol. The second-order valence-corrected chi connectivity index (χ2v) is 6.84. The Bertz CT molecular complexity index is 881. The summed E-state index contributed by atoms with van der Waals surface area (Å²) in [5.41, 5.74) is 2.77. The molecule has 0 spiro atoms. The topological polar surface area (TPSA) is 77.6 Å². The molecule has 25 heavy (non-hydrogen) atoms. The van der Waals surface area contributed by atoms with Crippen LogP contribution in [-0.2, 0) is 6.54 Å². The second-order valence-electron chi connectivity index (χ2n) is 6.84. The van der Waals surface area contributed by atoms with E-state index in [-0.39, 0.29) is 17.5 Å². The van der Waals surface area contributed by atoms with Crippen molar-refractivity contribution in [1.29, 1.82) is 0 Å². The van der Waals surface area contributed by atoms with Crippen molar-refractivity contribution in [3.05, 3.63) is 33.0 Å². The molecule has 0 aliphatic carbocycles. The zero-order valence-corrected chi connectivity index (χ0v) is 14.4. The van der Waals surface area contributed by atoms with Gasteiger partial charge in [-0.1, -0.05) is 0 Å². The molecule has 1 unspecified atom stereocenters. The number of nitro groups is 1. The molecule has 132 valence electrons. The fourth-order valence-corrected chi connectivity index (χ4v) is 4.59. The van der Waals surface area contributed by atoms with Gasteiger partial charge < -0.3 is 9.30 Å². The molecule has 0 bridgehead atoms. The van der Waals surface area contributed by atoms with Crippen molar-refractivity contribution in [3.63, 3.8) is 0 Å². The first-order valence-corrected chi connectivity index (χ1v) is 8.65. The van der Waals surface area contributed by atoms with Crippen LogP contribution in [0.3, 0.4) is 0 Å². The van der Waals surface area contributed by atoms with Crippen molar-refractivity contribution in [2.24, 2.45) is 0 Å². The van der Waals surface area contributed by atoms with E-state index in [9.17, 15) is 14.9 Å². The molecule has 0 radical (unpaired) electrons. The lowest BCUT2D eigenvalue weighted by Crippen LogP contribution is -2.24. The summed E-state index contributed by atoms with van der Waals surface area (Å²) in [7, 11) is 1.43. The number of rotatable bonds is 4. The number of aryl methyl sites for hydroxylation is 2. The number of nitrogens with zero attached hydrogens (tertiary/aromatic N) is 3. The molecule has 2 aliphatic heterocycles. The summed E-state index contributed by atoms with van der Waals surface area (Å²) < 4.78 is 7.39. The Labute approximate surface area is 145 Å². The summed E-state index contributed by atoms with van der Waals surface area (Å²) in [6.07, 6.45) is 4.07. The minimum Gasteiger partial charge on any atom is -0.490 e. The predicted molar refractivity (Wildman–Crippen MR) is 93.4 cm³/mol. The van der Waals surface area contributed by atoms with E-state index in [0.29, 0.717) is 16.5 Å². The molecule has 2 aromatic rings. The maximum atomic E-state index is 12.0. The molecule has 3 heterocycles. The SMILES string of the molecule is COc1c(C)cc2c(c(C=O)c3n2CCC3N2CCCC2)c1[N+](=O)[O-]. The first-order valence-electron chi connectivity index (χ1n) is 8.65. The molecule has 7 nitrogen and oxygen atoms in total. The van der Waals surface area contributed by atoms with Gasteiger partial charge in [0.25, 0.3) is 0 Å². The molecular formula is C18H21N3O4. The Morgan fingerprint density at radius 1 is 1.32 bits per heavy atom.